The Hall–Kier alpha value is -2.23. The van der Waals surface area contributed by atoms with Gasteiger partial charge in [-0.1, -0.05) is 30.3 Å². The van der Waals surface area contributed by atoms with Crippen molar-refractivity contribution in [2.75, 3.05) is 5.32 Å². The number of rotatable bonds is 3. The van der Waals surface area contributed by atoms with E-state index in [2.05, 4.69) is 5.32 Å². The van der Waals surface area contributed by atoms with E-state index in [0.717, 1.165) is 24.1 Å². The molecule has 1 aliphatic rings. The van der Waals surface area contributed by atoms with Gasteiger partial charge in [-0.25, -0.2) is 8.78 Å². The first-order valence-electron chi connectivity index (χ1n) is 6.46. The average Bonchev–Trinajstić information content (AvgIpc) is 3.24. The van der Waals surface area contributed by atoms with Crippen LogP contribution in [0.4, 0.5) is 14.5 Å². The zero-order valence-electron chi connectivity index (χ0n) is 10.6. The van der Waals surface area contributed by atoms with Crippen LogP contribution in [0.5, 0.6) is 0 Å². The third kappa shape index (κ3) is 2.54. The predicted octanol–water partition coefficient (Wildman–Crippen LogP) is 3.71. The quantitative estimate of drug-likeness (QED) is 0.907. The fraction of sp³-hybridized carbons (Fsp3) is 0.188. The second kappa shape index (κ2) is 5.04. The van der Waals surface area contributed by atoms with Crippen LogP contribution in [0.3, 0.4) is 0 Å². The summed E-state index contributed by atoms with van der Waals surface area (Å²) in [4.78, 5) is 12.0. The highest BCUT2D eigenvalue weighted by molar-refractivity contribution is 5.95. The van der Waals surface area contributed by atoms with Crippen molar-refractivity contribution >= 4 is 11.6 Å². The molecule has 3 rings (SSSR count). The first-order chi connectivity index (χ1) is 9.65. The van der Waals surface area contributed by atoms with E-state index < -0.39 is 11.6 Å². The van der Waals surface area contributed by atoms with Crippen molar-refractivity contribution in [3.63, 3.8) is 0 Å². The number of anilines is 1. The van der Waals surface area contributed by atoms with Gasteiger partial charge in [0.2, 0.25) is 5.91 Å². The summed E-state index contributed by atoms with van der Waals surface area (Å²) in [5.41, 5.74) is 1.42. The topological polar surface area (TPSA) is 29.1 Å². The summed E-state index contributed by atoms with van der Waals surface area (Å²) < 4.78 is 25.9. The van der Waals surface area contributed by atoms with Crippen molar-refractivity contribution in [2.45, 2.75) is 12.3 Å². The first kappa shape index (κ1) is 12.8. The SMILES string of the molecule is O=C(Nc1ccc(F)c(F)c1)[C@H]1C[C@@H]1c1ccccc1. The van der Waals surface area contributed by atoms with Crippen molar-refractivity contribution in [3.8, 4) is 0 Å². The third-order valence-electron chi connectivity index (χ3n) is 3.54. The molecule has 0 heterocycles. The summed E-state index contributed by atoms with van der Waals surface area (Å²) >= 11 is 0. The van der Waals surface area contributed by atoms with Crippen LogP contribution in [0, 0.1) is 17.6 Å². The van der Waals surface area contributed by atoms with Crippen molar-refractivity contribution in [1.29, 1.82) is 0 Å². The molecule has 1 fully saturated rings. The Morgan fingerprint density at radius 2 is 1.80 bits per heavy atom. The molecule has 0 aromatic heterocycles. The molecule has 2 aromatic rings. The molecule has 0 aliphatic heterocycles. The molecule has 0 saturated heterocycles. The maximum absolute atomic E-state index is 13.1. The minimum absolute atomic E-state index is 0.0921. The van der Waals surface area contributed by atoms with Gasteiger partial charge in [0, 0.05) is 17.7 Å². The lowest BCUT2D eigenvalue weighted by Gasteiger charge is -2.05. The van der Waals surface area contributed by atoms with Crippen LogP contribution in [-0.4, -0.2) is 5.91 Å². The second-order valence-corrected chi connectivity index (χ2v) is 4.98. The van der Waals surface area contributed by atoms with Crippen molar-refractivity contribution in [1.82, 2.24) is 0 Å². The molecule has 1 aliphatic carbocycles. The maximum atomic E-state index is 13.1. The van der Waals surface area contributed by atoms with Gasteiger partial charge in [-0.15, -0.1) is 0 Å². The van der Waals surface area contributed by atoms with Gasteiger partial charge in [0.05, 0.1) is 0 Å². The third-order valence-corrected chi connectivity index (χ3v) is 3.54. The van der Waals surface area contributed by atoms with Gasteiger partial charge in [0.25, 0.3) is 0 Å². The highest BCUT2D eigenvalue weighted by atomic mass is 19.2. The van der Waals surface area contributed by atoms with Crippen LogP contribution in [0.1, 0.15) is 17.9 Å². The summed E-state index contributed by atoms with van der Waals surface area (Å²) in [6.45, 7) is 0. The van der Waals surface area contributed by atoms with Gasteiger partial charge in [0.1, 0.15) is 0 Å². The molecule has 20 heavy (non-hydrogen) atoms. The van der Waals surface area contributed by atoms with Crippen molar-refractivity contribution < 1.29 is 13.6 Å². The number of carbonyl (C=O) groups excluding carboxylic acids is 1. The normalized spacial score (nSPS) is 20.5. The second-order valence-electron chi connectivity index (χ2n) is 4.98. The van der Waals surface area contributed by atoms with Gasteiger partial charge in [0.15, 0.2) is 11.6 Å². The fourth-order valence-electron chi connectivity index (χ4n) is 2.36. The van der Waals surface area contributed by atoms with E-state index >= 15 is 0 Å². The monoisotopic (exact) mass is 273 g/mol. The molecule has 0 bridgehead atoms. The molecule has 2 nitrogen and oxygen atoms in total. The molecule has 2 atom stereocenters. The summed E-state index contributed by atoms with van der Waals surface area (Å²) in [5.74, 6) is -1.90. The molecule has 102 valence electrons. The lowest BCUT2D eigenvalue weighted by atomic mass is 10.1. The van der Waals surface area contributed by atoms with E-state index in [9.17, 15) is 13.6 Å². The summed E-state index contributed by atoms with van der Waals surface area (Å²) in [6, 6.07) is 13.2. The molecule has 1 N–H and O–H groups in total. The Morgan fingerprint density at radius 3 is 2.50 bits per heavy atom. The molecule has 0 unspecified atom stereocenters. The number of carbonyl (C=O) groups is 1. The minimum Gasteiger partial charge on any atom is -0.326 e. The maximum Gasteiger partial charge on any atom is 0.228 e. The van der Waals surface area contributed by atoms with Crippen LogP contribution < -0.4 is 5.32 Å². The van der Waals surface area contributed by atoms with Crippen LogP contribution >= 0.6 is 0 Å². The minimum atomic E-state index is -0.960. The van der Waals surface area contributed by atoms with E-state index in [4.69, 9.17) is 0 Å². The number of amides is 1. The number of hydrogen-bond acceptors (Lipinski definition) is 1. The zero-order valence-corrected chi connectivity index (χ0v) is 10.6. The Morgan fingerprint density at radius 1 is 1.05 bits per heavy atom. The standard InChI is InChI=1S/C16H13F2NO/c17-14-7-6-11(8-15(14)18)19-16(20)13-9-12(13)10-4-2-1-3-5-10/h1-8,12-13H,9H2,(H,19,20)/t12-,13+/m1/s1. The van der Waals surface area contributed by atoms with Crippen LogP contribution in [0.15, 0.2) is 48.5 Å². The fourth-order valence-corrected chi connectivity index (χ4v) is 2.36. The van der Waals surface area contributed by atoms with Gasteiger partial charge in [-0.2, -0.15) is 0 Å². The Kier molecular flexibility index (Phi) is 3.22. The van der Waals surface area contributed by atoms with Crippen molar-refractivity contribution in [2.24, 2.45) is 5.92 Å². The zero-order chi connectivity index (χ0) is 14.1. The highest BCUT2D eigenvalue weighted by Crippen LogP contribution is 2.47. The molecule has 0 radical (unpaired) electrons. The van der Waals surface area contributed by atoms with Gasteiger partial charge in [-0.05, 0) is 30.0 Å². The van der Waals surface area contributed by atoms with Gasteiger partial charge >= 0.3 is 0 Å². The molecular weight excluding hydrogens is 260 g/mol. The number of nitrogens with one attached hydrogen (secondary N) is 1. The Bertz CT molecular complexity index is 642. The van der Waals surface area contributed by atoms with E-state index in [1.165, 1.54) is 6.07 Å². The summed E-state index contributed by atoms with van der Waals surface area (Å²) in [5, 5.41) is 2.63. The van der Waals surface area contributed by atoms with Crippen molar-refractivity contribution in [3.05, 3.63) is 65.7 Å². The average molecular weight is 273 g/mol. The number of halogens is 2. The molecule has 1 saturated carbocycles. The number of hydrogen-bond donors (Lipinski definition) is 1. The number of benzene rings is 2. The lowest BCUT2D eigenvalue weighted by Crippen LogP contribution is -2.14. The smallest absolute Gasteiger partial charge is 0.228 e. The summed E-state index contributed by atoms with van der Waals surface area (Å²) in [6.07, 6.45) is 0.791. The predicted molar refractivity (Wildman–Crippen MR) is 72.3 cm³/mol. The van der Waals surface area contributed by atoms with E-state index in [1.807, 2.05) is 30.3 Å². The Labute approximate surface area is 115 Å². The van der Waals surface area contributed by atoms with Gasteiger partial charge < -0.3 is 5.32 Å². The van der Waals surface area contributed by atoms with E-state index in [1.54, 1.807) is 0 Å². The lowest BCUT2D eigenvalue weighted by molar-refractivity contribution is -0.117. The van der Waals surface area contributed by atoms with Gasteiger partial charge in [-0.3, -0.25) is 4.79 Å². The highest BCUT2D eigenvalue weighted by Gasteiger charge is 2.43. The Balaban J connectivity index is 1.65. The molecule has 4 heteroatoms. The molecule has 1 amide bonds. The van der Waals surface area contributed by atoms with E-state index in [-0.39, 0.29) is 23.4 Å². The summed E-state index contributed by atoms with van der Waals surface area (Å²) in [7, 11) is 0. The molecule has 0 spiro atoms. The largest absolute Gasteiger partial charge is 0.326 e. The molecule has 2 aromatic carbocycles. The first-order valence-corrected chi connectivity index (χ1v) is 6.46. The molecular formula is C16H13F2NO. The van der Waals surface area contributed by atoms with Crippen LogP contribution in [-0.2, 0) is 4.79 Å². The van der Waals surface area contributed by atoms with Crippen LogP contribution in [0.2, 0.25) is 0 Å². The van der Waals surface area contributed by atoms with E-state index in [0.29, 0.717) is 0 Å². The van der Waals surface area contributed by atoms with Crippen LogP contribution in [0.25, 0.3) is 0 Å².